The van der Waals surface area contributed by atoms with Crippen LogP contribution in [0.3, 0.4) is 0 Å². The van der Waals surface area contributed by atoms with Crippen molar-refractivity contribution < 1.29 is 18.8 Å². The Hall–Kier alpha value is -2.44. The maximum absolute atomic E-state index is 13.0. The Morgan fingerprint density at radius 2 is 1.96 bits per heavy atom. The third-order valence-electron chi connectivity index (χ3n) is 4.37. The molecule has 6 nitrogen and oxygen atoms in total. The molecule has 0 radical (unpaired) electrons. The number of halogens is 1. The zero-order chi connectivity index (χ0) is 16.6. The van der Waals surface area contributed by atoms with Gasteiger partial charge in [0.15, 0.2) is 0 Å². The normalized spacial score (nSPS) is 24.3. The van der Waals surface area contributed by atoms with Crippen molar-refractivity contribution >= 4 is 17.7 Å². The first-order valence-electron chi connectivity index (χ1n) is 7.67. The van der Waals surface area contributed by atoms with Crippen molar-refractivity contribution in [3.8, 4) is 0 Å². The minimum absolute atomic E-state index is 0.0917. The van der Waals surface area contributed by atoms with Crippen molar-refractivity contribution in [1.82, 2.24) is 15.1 Å². The van der Waals surface area contributed by atoms with Crippen LogP contribution < -0.4 is 5.32 Å². The van der Waals surface area contributed by atoms with Gasteiger partial charge in [0.2, 0.25) is 11.8 Å². The number of hydrogen-bond acceptors (Lipinski definition) is 3. The first kappa shape index (κ1) is 15.5. The van der Waals surface area contributed by atoms with Gasteiger partial charge in [-0.3, -0.25) is 14.4 Å². The minimum Gasteiger partial charge on any atom is -0.342 e. The molecule has 3 amide bonds. The number of hydrogen-bond donors (Lipinski definition) is 1. The van der Waals surface area contributed by atoms with Crippen molar-refractivity contribution in [1.29, 1.82) is 0 Å². The van der Waals surface area contributed by atoms with Gasteiger partial charge in [0, 0.05) is 18.7 Å². The van der Waals surface area contributed by atoms with Crippen LogP contribution in [0.5, 0.6) is 0 Å². The smallest absolute Gasteiger partial charge is 0.254 e. The molecule has 2 aliphatic rings. The molecule has 0 unspecified atom stereocenters. The monoisotopic (exact) mass is 319 g/mol. The Morgan fingerprint density at radius 3 is 2.61 bits per heavy atom. The lowest BCUT2D eigenvalue weighted by Crippen LogP contribution is -2.69. The summed E-state index contributed by atoms with van der Waals surface area (Å²) in [5.74, 6) is -0.990. The molecule has 2 atom stereocenters. The van der Waals surface area contributed by atoms with Gasteiger partial charge in [-0.2, -0.15) is 0 Å². The molecule has 122 valence electrons. The maximum Gasteiger partial charge on any atom is 0.254 e. The summed E-state index contributed by atoms with van der Waals surface area (Å²) >= 11 is 0. The molecular formula is C16H18FN3O3. The van der Waals surface area contributed by atoms with E-state index < -0.39 is 17.9 Å². The first-order valence-corrected chi connectivity index (χ1v) is 7.67. The highest BCUT2D eigenvalue weighted by molar-refractivity contribution is 5.99. The summed E-state index contributed by atoms with van der Waals surface area (Å²) in [6.07, 6.45) is 0.548. The van der Waals surface area contributed by atoms with Crippen LogP contribution in [-0.4, -0.2) is 59.2 Å². The summed E-state index contributed by atoms with van der Waals surface area (Å²) in [5, 5.41) is 2.70. The largest absolute Gasteiger partial charge is 0.342 e. The van der Waals surface area contributed by atoms with Gasteiger partial charge < -0.3 is 15.1 Å². The summed E-state index contributed by atoms with van der Waals surface area (Å²) in [6, 6.07) is 4.17. The SMILES string of the molecule is CC[C@@H]1NC(=O)[C@H]2CN(C(=O)c3ccc(F)cc3)CCN2C1=O. The van der Waals surface area contributed by atoms with Gasteiger partial charge in [-0.05, 0) is 30.7 Å². The van der Waals surface area contributed by atoms with E-state index in [-0.39, 0.29) is 24.3 Å². The van der Waals surface area contributed by atoms with Gasteiger partial charge in [-0.25, -0.2) is 4.39 Å². The molecule has 0 aliphatic carbocycles. The fourth-order valence-corrected chi connectivity index (χ4v) is 3.04. The van der Waals surface area contributed by atoms with Crippen LogP contribution in [0.4, 0.5) is 4.39 Å². The molecule has 0 saturated carbocycles. The Labute approximate surface area is 133 Å². The lowest BCUT2D eigenvalue weighted by Gasteiger charge is -2.45. The number of carbonyl (C=O) groups is 3. The number of nitrogens with zero attached hydrogens (tertiary/aromatic N) is 2. The molecule has 2 aliphatic heterocycles. The molecule has 0 bridgehead atoms. The fourth-order valence-electron chi connectivity index (χ4n) is 3.04. The average molecular weight is 319 g/mol. The van der Waals surface area contributed by atoms with Gasteiger partial charge in [0.25, 0.3) is 5.91 Å². The van der Waals surface area contributed by atoms with Gasteiger partial charge in [-0.1, -0.05) is 6.92 Å². The van der Waals surface area contributed by atoms with E-state index >= 15 is 0 Å². The number of benzene rings is 1. The van der Waals surface area contributed by atoms with Gasteiger partial charge in [0.1, 0.15) is 17.9 Å². The lowest BCUT2D eigenvalue weighted by atomic mass is 10.0. The third-order valence-corrected chi connectivity index (χ3v) is 4.37. The summed E-state index contributed by atoms with van der Waals surface area (Å²) in [6.45, 7) is 2.70. The number of piperazine rings is 2. The van der Waals surface area contributed by atoms with E-state index in [2.05, 4.69) is 5.32 Å². The van der Waals surface area contributed by atoms with Crippen LogP contribution in [0.1, 0.15) is 23.7 Å². The summed E-state index contributed by atoms with van der Waals surface area (Å²) in [7, 11) is 0. The number of rotatable bonds is 2. The van der Waals surface area contributed by atoms with E-state index in [9.17, 15) is 18.8 Å². The highest BCUT2D eigenvalue weighted by Gasteiger charge is 2.43. The minimum atomic E-state index is -0.650. The Bertz CT molecular complexity index is 646. The summed E-state index contributed by atoms with van der Waals surface area (Å²) in [4.78, 5) is 40.0. The van der Waals surface area contributed by atoms with Crippen LogP contribution in [-0.2, 0) is 9.59 Å². The zero-order valence-corrected chi connectivity index (χ0v) is 12.8. The van der Waals surface area contributed by atoms with Gasteiger partial charge in [0.05, 0.1) is 6.54 Å². The number of carbonyl (C=O) groups excluding carboxylic acids is 3. The molecular weight excluding hydrogens is 301 g/mol. The van der Waals surface area contributed by atoms with Crippen molar-refractivity contribution in [2.24, 2.45) is 0 Å². The standard InChI is InChI=1S/C16H18FN3O3/c1-2-12-16(23)20-8-7-19(9-13(20)14(21)18-12)15(22)10-3-5-11(17)6-4-10/h3-6,12-13H,2,7-9H2,1H3,(H,18,21)/t12-,13+/m0/s1. The molecule has 0 spiro atoms. The Balaban J connectivity index is 1.75. The van der Waals surface area contributed by atoms with Crippen LogP contribution >= 0.6 is 0 Å². The Kier molecular flexibility index (Phi) is 4.02. The molecule has 7 heteroatoms. The molecule has 0 aromatic heterocycles. The highest BCUT2D eigenvalue weighted by Crippen LogP contribution is 2.19. The predicted octanol–water partition coefficient (Wildman–Crippen LogP) is 0.387. The molecule has 2 saturated heterocycles. The van der Waals surface area contributed by atoms with Gasteiger partial charge in [-0.15, -0.1) is 0 Å². The van der Waals surface area contributed by atoms with Crippen LogP contribution in [0.15, 0.2) is 24.3 Å². The molecule has 1 aromatic carbocycles. The van der Waals surface area contributed by atoms with Crippen LogP contribution in [0.25, 0.3) is 0 Å². The molecule has 2 fully saturated rings. The highest BCUT2D eigenvalue weighted by atomic mass is 19.1. The van der Waals surface area contributed by atoms with Crippen LogP contribution in [0.2, 0.25) is 0 Å². The van der Waals surface area contributed by atoms with E-state index in [4.69, 9.17) is 0 Å². The molecule has 3 rings (SSSR count). The quantitative estimate of drug-likeness (QED) is 0.857. The average Bonchev–Trinajstić information content (AvgIpc) is 2.57. The van der Waals surface area contributed by atoms with Crippen molar-refractivity contribution in [3.05, 3.63) is 35.6 Å². The van der Waals surface area contributed by atoms with Gasteiger partial charge >= 0.3 is 0 Å². The third kappa shape index (κ3) is 2.78. The summed E-state index contributed by atoms with van der Waals surface area (Å²) in [5.41, 5.74) is 0.369. The van der Waals surface area contributed by atoms with Crippen LogP contribution in [0, 0.1) is 5.82 Å². The Morgan fingerprint density at radius 1 is 1.26 bits per heavy atom. The van der Waals surface area contributed by atoms with E-state index in [1.807, 2.05) is 6.92 Å². The van der Waals surface area contributed by atoms with Crippen molar-refractivity contribution in [2.75, 3.05) is 19.6 Å². The second-order valence-corrected chi connectivity index (χ2v) is 5.77. The second kappa shape index (κ2) is 5.98. The lowest BCUT2D eigenvalue weighted by molar-refractivity contribution is -0.152. The number of nitrogens with one attached hydrogen (secondary N) is 1. The number of amides is 3. The number of fused-ring (bicyclic) bond motifs is 1. The second-order valence-electron chi connectivity index (χ2n) is 5.77. The van der Waals surface area contributed by atoms with E-state index in [0.29, 0.717) is 25.1 Å². The van der Waals surface area contributed by atoms with E-state index in [1.165, 1.54) is 29.2 Å². The van der Waals surface area contributed by atoms with Crippen molar-refractivity contribution in [3.63, 3.8) is 0 Å². The first-order chi connectivity index (χ1) is 11.0. The zero-order valence-electron chi connectivity index (χ0n) is 12.8. The molecule has 1 N–H and O–H groups in total. The fraction of sp³-hybridized carbons (Fsp3) is 0.438. The topological polar surface area (TPSA) is 69.7 Å². The van der Waals surface area contributed by atoms with E-state index in [0.717, 1.165) is 0 Å². The molecule has 1 aromatic rings. The molecule has 23 heavy (non-hydrogen) atoms. The molecule has 2 heterocycles. The predicted molar refractivity (Wildman–Crippen MR) is 80.0 cm³/mol. The van der Waals surface area contributed by atoms with E-state index in [1.54, 1.807) is 4.90 Å². The summed E-state index contributed by atoms with van der Waals surface area (Å²) < 4.78 is 13.0. The van der Waals surface area contributed by atoms with Crippen molar-refractivity contribution in [2.45, 2.75) is 25.4 Å². The maximum atomic E-state index is 13.0.